The number of nitrogens with zero attached hydrogens (tertiary/aromatic N) is 3. The number of nitrogens with two attached hydrogens (primary N) is 1. The molecule has 0 aliphatic carbocycles. The largest absolute Gasteiger partial charge is 0.326 e. The van der Waals surface area contributed by atoms with E-state index >= 15 is 0 Å². The molecule has 2 aromatic heterocycles. The van der Waals surface area contributed by atoms with Gasteiger partial charge in [-0.2, -0.15) is 5.10 Å². The van der Waals surface area contributed by atoms with Crippen molar-refractivity contribution in [3.63, 3.8) is 0 Å². The second kappa shape index (κ2) is 5.20. The molecule has 0 atom stereocenters. The van der Waals surface area contributed by atoms with Gasteiger partial charge in [-0.1, -0.05) is 6.92 Å². The summed E-state index contributed by atoms with van der Waals surface area (Å²) in [5, 5.41) is 4.50. The van der Waals surface area contributed by atoms with Crippen molar-refractivity contribution < 1.29 is 0 Å². The van der Waals surface area contributed by atoms with E-state index in [0.29, 0.717) is 6.54 Å². The number of halogens is 1. The van der Waals surface area contributed by atoms with Gasteiger partial charge in [-0.15, -0.1) is 0 Å². The fourth-order valence-electron chi connectivity index (χ4n) is 1.89. The Hall–Kier alpha value is -1.20. The molecule has 4 nitrogen and oxygen atoms in total. The lowest BCUT2D eigenvalue weighted by Crippen LogP contribution is -2.07. The highest BCUT2D eigenvalue weighted by Gasteiger charge is 2.12. The van der Waals surface area contributed by atoms with Gasteiger partial charge in [-0.05, 0) is 53.9 Å². The number of pyridine rings is 1. The van der Waals surface area contributed by atoms with E-state index in [2.05, 4.69) is 32.9 Å². The summed E-state index contributed by atoms with van der Waals surface area (Å²) in [5.74, 6) is 0.834. The fraction of sp³-hybridized carbons (Fsp3) is 0.385. The van der Waals surface area contributed by atoms with E-state index in [0.717, 1.165) is 39.4 Å². The summed E-state index contributed by atoms with van der Waals surface area (Å²) in [6, 6.07) is 4.04. The van der Waals surface area contributed by atoms with E-state index in [1.165, 1.54) is 0 Å². The first kappa shape index (κ1) is 13.2. The van der Waals surface area contributed by atoms with Crippen molar-refractivity contribution in [1.29, 1.82) is 0 Å². The van der Waals surface area contributed by atoms with Crippen molar-refractivity contribution in [2.24, 2.45) is 5.73 Å². The Morgan fingerprint density at radius 3 is 2.56 bits per heavy atom. The highest BCUT2D eigenvalue weighted by molar-refractivity contribution is 9.10. The smallest absolute Gasteiger partial charge is 0.154 e. The summed E-state index contributed by atoms with van der Waals surface area (Å²) in [6.07, 6.45) is 0.890. The zero-order valence-corrected chi connectivity index (χ0v) is 12.5. The molecule has 2 rings (SSSR count). The van der Waals surface area contributed by atoms with Gasteiger partial charge in [0, 0.05) is 12.2 Å². The fourth-order valence-corrected chi connectivity index (χ4v) is 2.13. The van der Waals surface area contributed by atoms with Crippen LogP contribution < -0.4 is 5.73 Å². The second-order valence-corrected chi connectivity index (χ2v) is 5.07. The Balaban J connectivity index is 2.59. The molecule has 0 aromatic carbocycles. The third-order valence-electron chi connectivity index (χ3n) is 2.94. The molecule has 0 fully saturated rings. The van der Waals surface area contributed by atoms with Crippen molar-refractivity contribution in [3.8, 4) is 5.82 Å². The maximum Gasteiger partial charge on any atom is 0.154 e. The monoisotopic (exact) mass is 308 g/mol. The molecule has 5 heteroatoms. The third kappa shape index (κ3) is 2.33. The Kier molecular flexibility index (Phi) is 3.82. The molecule has 0 spiro atoms. The van der Waals surface area contributed by atoms with Crippen molar-refractivity contribution >= 4 is 15.9 Å². The quantitative estimate of drug-likeness (QED) is 0.948. The van der Waals surface area contributed by atoms with Crippen LogP contribution in [0.4, 0.5) is 0 Å². The predicted octanol–water partition coefficient (Wildman–Crippen LogP) is 2.67. The summed E-state index contributed by atoms with van der Waals surface area (Å²) in [7, 11) is 0. The molecule has 0 radical (unpaired) electrons. The lowest BCUT2D eigenvalue weighted by Gasteiger charge is -2.08. The van der Waals surface area contributed by atoms with E-state index < -0.39 is 0 Å². The summed E-state index contributed by atoms with van der Waals surface area (Å²) in [4.78, 5) is 4.61. The van der Waals surface area contributed by atoms with Crippen LogP contribution in [0.25, 0.3) is 5.82 Å². The summed E-state index contributed by atoms with van der Waals surface area (Å²) < 4.78 is 2.89. The molecule has 0 bridgehead atoms. The zero-order chi connectivity index (χ0) is 13.3. The lowest BCUT2D eigenvalue weighted by molar-refractivity contribution is 0.791. The molecule has 0 amide bonds. The van der Waals surface area contributed by atoms with Crippen LogP contribution in [0.2, 0.25) is 0 Å². The van der Waals surface area contributed by atoms with Gasteiger partial charge in [0.25, 0.3) is 0 Å². The molecule has 2 heterocycles. The highest BCUT2D eigenvalue weighted by atomic mass is 79.9. The number of aromatic nitrogens is 3. The average molecular weight is 309 g/mol. The third-order valence-corrected chi connectivity index (χ3v) is 4.09. The van der Waals surface area contributed by atoms with E-state index in [-0.39, 0.29) is 0 Å². The van der Waals surface area contributed by atoms with Crippen LogP contribution in [0.3, 0.4) is 0 Å². The maximum absolute atomic E-state index is 5.73. The first-order chi connectivity index (χ1) is 8.56. The normalized spacial score (nSPS) is 10.9. The lowest BCUT2D eigenvalue weighted by atomic mass is 10.2. The summed E-state index contributed by atoms with van der Waals surface area (Å²) in [6.45, 7) is 6.60. The number of aryl methyl sites for hydroxylation is 2. The van der Waals surface area contributed by atoms with Gasteiger partial charge >= 0.3 is 0 Å². The molecule has 0 saturated heterocycles. The van der Waals surface area contributed by atoms with Crippen molar-refractivity contribution in [2.75, 3.05) is 0 Å². The van der Waals surface area contributed by atoms with Crippen LogP contribution in [-0.4, -0.2) is 14.8 Å². The highest BCUT2D eigenvalue weighted by Crippen LogP contribution is 2.22. The summed E-state index contributed by atoms with van der Waals surface area (Å²) in [5.41, 5.74) is 9.86. The van der Waals surface area contributed by atoms with E-state index in [1.807, 2.05) is 30.7 Å². The average Bonchev–Trinajstić information content (AvgIpc) is 2.65. The Morgan fingerprint density at radius 2 is 2.06 bits per heavy atom. The van der Waals surface area contributed by atoms with Crippen molar-refractivity contribution in [2.45, 2.75) is 33.7 Å². The zero-order valence-electron chi connectivity index (χ0n) is 10.9. The predicted molar refractivity (Wildman–Crippen MR) is 75.8 cm³/mol. The Morgan fingerprint density at radius 1 is 1.33 bits per heavy atom. The van der Waals surface area contributed by atoms with Gasteiger partial charge in [-0.25, -0.2) is 9.67 Å². The molecule has 2 aromatic rings. The molecule has 18 heavy (non-hydrogen) atoms. The first-order valence-electron chi connectivity index (χ1n) is 5.98. The molecule has 0 saturated carbocycles. The minimum Gasteiger partial charge on any atom is -0.326 e. The standard InChI is InChI=1S/C13H17BrN4/c1-4-11-5-10(7-15)6-12(16-11)18-9(3)13(14)8(2)17-18/h5-6H,4,7,15H2,1-3H3. The number of hydrogen-bond acceptors (Lipinski definition) is 3. The van der Waals surface area contributed by atoms with Crippen LogP contribution >= 0.6 is 15.9 Å². The van der Waals surface area contributed by atoms with E-state index in [1.54, 1.807) is 0 Å². The molecule has 0 aliphatic heterocycles. The molecular weight excluding hydrogens is 292 g/mol. The summed E-state index contributed by atoms with van der Waals surface area (Å²) >= 11 is 3.53. The van der Waals surface area contributed by atoms with Crippen LogP contribution in [0, 0.1) is 13.8 Å². The minimum atomic E-state index is 0.517. The van der Waals surface area contributed by atoms with E-state index in [4.69, 9.17) is 5.73 Å². The maximum atomic E-state index is 5.73. The molecule has 0 aliphatic rings. The second-order valence-electron chi connectivity index (χ2n) is 4.28. The topological polar surface area (TPSA) is 56.7 Å². The van der Waals surface area contributed by atoms with E-state index in [9.17, 15) is 0 Å². The van der Waals surface area contributed by atoms with Crippen LogP contribution in [-0.2, 0) is 13.0 Å². The van der Waals surface area contributed by atoms with Crippen LogP contribution in [0.1, 0.15) is 29.6 Å². The van der Waals surface area contributed by atoms with Gasteiger partial charge in [0.2, 0.25) is 0 Å². The van der Waals surface area contributed by atoms with Gasteiger partial charge in [0.15, 0.2) is 5.82 Å². The SMILES string of the molecule is CCc1cc(CN)cc(-n2nc(C)c(Br)c2C)n1. The molecule has 96 valence electrons. The molecule has 0 unspecified atom stereocenters. The first-order valence-corrected chi connectivity index (χ1v) is 6.78. The number of rotatable bonds is 3. The Labute approximate surface area is 115 Å². The van der Waals surface area contributed by atoms with Crippen molar-refractivity contribution in [1.82, 2.24) is 14.8 Å². The Bertz CT molecular complexity index is 552. The van der Waals surface area contributed by atoms with Gasteiger partial charge in [0.05, 0.1) is 15.9 Å². The molecule has 2 N–H and O–H groups in total. The van der Waals surface area contributed by atoms with Gasteiger partial charge in [0.1, 0.15) is 0 Å². The molecular formula is C13H17BrN4. The number of hydrogen-bond donors (Lipinski definition) is 1. The minimum absolute atomic E-state index is 0.517. The van der Waals surface area contributed by atoms with Gasteiger partial charge < -0.3 is 5.73 Å². The van der Waals surface area contributed by atoms with Crippen LogP contribution in [0.15, 0.2) is 16.6 Å². The van der Waals surface area contributed by atoms with Crippen molar-refractivity contribution in [3.05, 3.63) is 39.3 Å². The van der Waals surface area contributed by atoms with Crippen LogP contribution in [0.5, 0.6) is 0 Å². The van der Waals surface area contributed by atoms with Gasteiger partial charge in [-0.3, -0.25) is 0 Å².